The van der Waals surface area contributed by atoms with Crippen molar-refractivity contribution in [2.45, 2.75) is 0 Å². The van der Waals surface area contributed by atoms with Crippen molar-refractivity contribution in [2.24, 2.45) is 0 Å². The van der Waals surface area contributed by atoms with Gasteiger partial charge in [-0.05, 0) is 23.7 Å². The summed E-state index contributed by atoms with van der Waals surface area (Å²) < 4.78 is 8.43. The lowest BCUT2D eigenvalue weighted by Gasteiger charge is -1.93. The lowest BCUT2D eigenvalue weighted by Crippen LogP contribution is -1.78. The Labute approximate surface area is 81.2 Å². The Balaban J connectivity index is 0.000000145. The molecule has 1 aromatic heterocycles. The van der Waals surface area contributed by atoms with E-state index in [0.29, 0.717) is 0 Å². The summed E-state index contributed by atoms with van der Waals surface area (Å²) in [7, 11) is 1.66. The van der Waals surface area contributed by atoms with E-state index in [1.165, 1.54) is 11.5 Å². The maximum Gasteiger partial charge on any atom is 0.118 e. The van der Waals surface area contributed by atoms with Crippen LogP contribution in [0.25, 0.3) is 0 Å². The van der Waals surface area contributed by atoms with Crippen molar-refractivity contribution in [1.29, 1.82) is 0 Å². The van der Waals surface area contributed by atoms with Gasteiger partial charge in [0.1, 0.15) is 5.75 Å². The van der Waals surface area contributed by atoms with Crippen LogP contribution in [0.1, 0.15) is 0 Å². The van der Waals surface area contributed by atoms with Gasteiger partial charge in [0.15, 0.2) is 0 Å². The zero-order valence-electron chi connectivity index (χ0n) is 7.25. The summed E-state index contributed by atoms with van der Waals surface area (Å²) in [5, 5.41) is 5.31. The van der Waals surface area contributed by atoms with Crippen LogP contribution in [0.2, 0.25) is 0 Å². The van der Waals surface area contributed by atoms with E-state index in [0.717, 1.165) is 5.75 Å². The molecular weight excluding hydrogens is 184 g/mol. The molecule has 1 heterocycles. The smallest absolute Gasteiger partial charge is 0.118 e. The molecule has 0 aliphatic rings. The summed E-state index contributed by atoms with van der Waals surface area (Å²) in [4.78, 5) is 0. The summed E-state index contributed by atoms with van der Waals surface area (Å²) in [6, 6.07) is 9.68. The average Bonchev–Trinajstić information content (AvgIpc) is 2.77. The quantitative estimate of drug-likeness (QED) is 0.698. The Kier molecular flexibility index (Phi) is 4.56. The molecule has 4 heteroatoms. The van der Waals surface area contributed by atoms with Gasteiger partial charge >= 0.3 is 0 Å². The molecule has 0 aliphatic carbocycles. The Morgan fingerprint density at radius 3 is 2.31 bits per heavy atom. The number of ether oxygens (including phenoxy) is 1. The Bertz CT molecular complexity index is 279. The molecule has 1 aromatic carbocycles. The standard InChI is InChI=1S/C7H8O.C2H2N2S/c1-8-7-5-3-2-4-6-7;1-2-5-4-3-1/h2-6H,1H3;1-2H. The number of methoxy groups -OCH3 is 1. The number of hydrogen-bond acceptors (Lipinski definition) is 4. The van der Waals surface area contributed by atoms with Crippen LogP contribution in [0.15, 0.2) is 41.9 Å². The van der Waals surface area contributed by atoms with E-state index in [1.807, 2.05) is 35.7 Å². The fourth-order valence-corrected chi connectivity index (χ4v) is 0.965. The summed E-state index contributed by atoms with van der Waals surface area (Å²) in [5.74, 6) is 0.910. The van der Waals surface area contributed by atoms with Gasteiger partial charge in [-0.2, -0.15) is 0 Å². The predicted molar refractivity (Wildman–Crippen MR) is 52.9 cm³/mol. The number of aromatic nitrogens is 2. The maximum absolute atomic E-state index is 4.91. The zero-order valence-corrected chi connectivity index (χ0v) is 8.07. The Morgan fingerprint density at radius 1 is 1.23 bits per heavy atom. The molecule has 2 rings (SSSR count). The SMILES string of the molecule is COc1ccccc1.c1csnn1. The molecule has 0 saturated carbocycles. The molecule has 2 aromatic rings. The van der Waals surface area contributed by atoms with Gasteiger partial charge in [-0.25, -0.2) is 0 Å². The predicted octanol–water partition coefficient (Wildman–Crippen LogP) is 2.23. The van der Waals surface area contributed by atoms with Crippen LogP contribution in [-0.4, -0.2) is 16.7 Å². The monoisotopic (exact) mass is 194 g/mol. The molecule has 0 spiro atoms. The molecule has 0 saturated heterocycles. The highest BCUT2D eigenvalue weighted by Gasteiger charge is 1.80. The van der Waals surface area contributed by atoms with Gasteiger partial charge in [0, 0.05) is 5.38 Å². The molecular formula is C9H10N2OS. The van der Waals surface area contributed by atoms with Crippen LogP contribution >= 0.6 is 11.5 Å². The summed E-state index contributed by atoms with van der Waals surface area (Å²) in [6.45, 7) is 0. The van der Waals surface area contributed by atoms with Gasteiger partial charge in [-0.15, -0.1) is 5.10 Å². The van der Waals surface area contributed by atoms with Crippen molar-refractivity contribution >= 4 is 11.5 Å². The van der Waals surface area contributed by atoms with Crippen molar-refractivity contribution in [1.82, 2.24) is 9.59 Å². The first-order valence-electron chi connectivity index (χ1n) is 3.73. The van der Waals surface area contributed by atoms with Crippen LogP contribution in [0, 0.1) is 0 Å². The first kappa shape index (κ1) is 9.67. The van der Waals surface area contributed by atoms with Gasteiger partial charge in [0.05, 0.1) is 13.3 Å². The average molecular weight is 194 g/mol. The first-order chi connectivity index (χ1) is 6.43. The second kappa shape index (κ2) is 6.14. The molecule has 0 atom stereocenters. The van der Waals surface area contributed by atoms with Crippen LogP contribution in [-0.2, 0) is 0 Å². The summed E-state index contributed by atoms with van der Waals surface area (Å²) >= 11 is 1.35. The molecule has 0 radical (unpaired) electrons. The molecule has 0 aliphatic heterocycles. The second-order valence-electron chi connectivity index (χ2n) is 2.10. The van der Waals surface area contributed by atoms with Crippen LogP contribution in [0.3, 0.4) is 0 Å². The van der Waals surface area contributed by atoms with Gasteiger partial charge in [0.25, 0.3) is 0 Å². The van der Waals surface area contributed by atoms with E-state index in [-0.39, 0.29) is 0 Å². The Hall–Kier alpha value is -1.42. The Morgan fingerprint density at radius 2 is 2.00 bits per heavy atom. The van der Waals surface area contributed by atoms with Gasteiger partial charge in [-0.3, -0.25) is 0 Å². The van der Waals surface area contributed by atoms with E-state index in [9.17, 15) is 0 Å². The third kappa shape index (κ3) is 4.22. The van der Waals surface area contributed by atoms with E-state index in [1.54, 1.807) is 13.3 Å². The summed E-state index contributed by atoms with van der Waals surface area (Å²) in [5.41, 5.74) is 0. The third-order valence-electron chi connectivity index (χ3n) is 1.26. The largest absolute Gasteiger partial charge is 0.497 e. The zero-order chi connectivity index (χ0) is 9.36. The lowest BCUT2D eigenvalue weighted by molar-refractivity contribution is 0.415. The van der Waals surface area contributed by atoms with Gasteiger partial charge in [-0.1, -0.05) is 22.7 Å². The molecule has 0 unspecified atom stereocenters. The molecule has 68 valence electrons. The van der Waals surface area contributed by atoms with Gasteiger partial charge < -0.3 is 4.74 Å². The van der Waals surface area contributed by atoms with Crippen molar-refractivity contribution < 1.29 is 4.74 Å². The van der Waals surface area contributed by atoms with Crippen molar-refractivity contribution in [3.05, 3.63) is 41.9 Å². The molecule has 3 nitrogen and oxygen atoms in total. The normalized spacial score (nSPS) is 8.38. The molecule has 13 heavy (non-hydrogen) atoms. The topological polar surface area (TPSA) is 35.0 Å². The van der Waals surface area contributed by atoms with Crippen LogP contribution < -0.4 is 4.74 Å². The highest BCUT2D eigenvalue weighted by molar-refractivity contribution is 7.03. The molecule has 0 N–H and O–H groups in total. The summed E-state index contributed by atoms with van der Waals surface area (Å²) in [6.07, 6.45) is 1.66. The van der Waals surface area contributed by atoms with E-state index >= 15 is 0 Å². The highest BCUT2D eigenvalue weighted by Crippen LogP contribution is 2.05. The van der Waals surface area contributed by atoms with Crippen LogP contribution in [0.4, 0.5) is 0 Å². The van der Waals surface area contributed by atoms with Crippen molar-refractivity contribution in [2.75, 3.05) is 7.11 Å². The minimum absolute atomic E-state index is 0.910. The second-order valence-corrected chi connectivity index (χ2v) is 2.75. The minimum Gasteiger partial charge on any atom is -0.497 e. The first-order valence-corrected chi connectivity index (χ1v) is 4.57. The molecule has 0 amide bonds. The highest BCUT2D eigenvalue weighted by atomic mass is 32.1. The van der Waals surface area contributed by atoms with E-state index < -0.39 is 0 Å². The number of rotatable bonds is 1. The van der Waals surface area contributed by atoms with Crippen molar-refractivity contribution in [3.8, 4) is 5.75 Å². The molecule has 0 bridgehead atoms. The fourth-order valence-electron chi connectivity index (χ4n) is 0.693. The van der Waals surface area contributed by atoms with Crippen LogP contribution in [0.5, 0.6) is 5.75 Å². The fraction of sp³-hybridized carbons (Fsp3) is 0.111. The number of hydrogen-bond donors (Lipinski definition) is 0. The van der Waals surface area contributed by atoms with E-state index in [4.69, 9.17) is 4.74 Å². The minimum atomic E-state index is 0.910. The van der Waals surface area contributed by atoms with E-state index in [2.05, 4.69) is 9.59 Å². The van der Waals surface area contributed by atoms with Crippen molar-refractivity contribution in [3.63, 3.8) is 0 Å². The third-order valence-corrected chi connectivity index (χ3v) is 1.69. The number of benzene rings is 1. The van der Waals surface area contributed by atoms with Gasteiger partial charge in [0.2, 0.25) is 0 Å². The molecule has 0 fully saturated rings. The number of para-hydroxylation sites is 1. The number of nitrogens with zero attached hydrogens (tertiary/aromatic N) is 2. The maximum atomic E-state index is 4.91. The lowest BCUT2D eigenvalue weighted by atomic mass is 10.3.